The molecule has 2 aromatic rings. The minimum absolute atomic E-state index is 0.122. The topological polar surface area (TPSA) is 38.9 Å². The van der Waals surface area contributed by atoms with Crippen LogP contribution in [0.15, 0.2) is 18.2 Å². The number of alkyl halides is 3. The number of nitrogens with zero attached hydrogens (tertiary/aromatic N) is 1. The SMILES string of the molecule is CCC(CN)c1nc2cc(C(F)(F)F)ccc2s1. The van der Waals surface area contributed by atoms with Gasteiger partial charge in [-0.25, -0.2) is 4.98 Å². The molecule has 1 heterocycles. The van der Waals surface area contributed by atoms with Crippen molar-refractivity contribution in [3.05, 3.63) is 28.8 Å². The average Bonchev–Trinajstić information content (AvgIpc) is 2.71. The Hall–Kier alpha value is -1.14. The van der Waals surface area contributed by atoms with E-state index in [9.17, 15) is 13.2 Å². The number of benzene rings is 1. The standard InChI is InChI=1S/C12H13F3N2S/c1-2-7(6-16)11-17-9-5-8(12(13,14)15)3-4-10(9)18-11/h3-5,7H,2,6,16H2,1H3. The molecule has 0 aliphatic carbocycles. The molecular formula is C12H13F3N2S. The Morgan fingerprint density at radius 2 is 2.11 bits per heavy atom. The van der Waals surface area contributed by atoms with Gasteiger partial charge in [-0.1, -0.05) is 6.92 Å². The molecule has 18 heavy (non-hydrogen) atoms. The van der Waals surface area contributed by atoms with Gasteiger partial charge in [0.2, 0.25) is 0 Å². The zero-order chi connectivity index (χ0) is 13.3. The van der Waals surface area contributed by atoms with E-state index in [2.05, 4.69) is 4.98 Å². The van der Waals surface area contributed by atoms with Gasteiger partial charge < -0.3 is 5.73 Å². The Bertz CT molecular complexity index is 544. The van der Waals surface area contributed by atoms with Gasteiger partial charge in [-0.2, -0.15) is 13.2 Å². The van der Waals surface area contributed by atoms with Crippen LogP contribution >= 0.6 is 11.3 Å². The molecule has 1 atom stereocenters. The quantitative estimate of drug-likeness (QED) is 0.925. The van der Waals surface area contributed by atoms with Crippen LogP contribution < -0.4 is 5.73 Å². The van der Waals surface area contributed by atoms with Gasteiger partial charge in [0.1, 0.15) is 0 Å². The third kappa shape index (κ3) is 2.49. The summed E-state index contributed by atoms with van der Waals surface area (Å²) in [6.07, 6.45) is -3.49. The molecule has 2 N–H and O–H groups in total. The lowest BCUT2D eigenvalue weighted by molar-refractivity contribution is -0.137. The van der Waals surface area contributed by atoms with Gasteiger partial charge in [0.05, 0.1) is 20.8 Å². The average molecular weight is 274 g/mol. The Balaban J connectivity index is 2.46. The summed E-state index contributed by atoms with van der Waals surface area (Å²) >= 11 is 1.42. The first kappa shape index (κ1) is 13.3. The zero-order valence-corrected chi connectivity index (χ0v) is 10.6. The number of thiazole rings is 1. The van der Waals surface area contributed by atoms with Gasteiger partial charge in [-0.15, -0.1) is 11.3 Å². The van der Waals surface area contributed by atoms with E-state index >= 15 is 0 Å². The highest BCUT2D eigenvalue weighted by Gasteiger charge is 2.30. The Kier molecular flexibility index (Phi) is 3.59. The maximum Gasteiger partial charge on any atom is 0.416 e. The van der Waals surface area contributed by atoms with E-state index in [1.165, 1.54) is 17.4 Å². The number of fused-ring (bicyclic) bond motifs is 1. The lowest BCUT2D eigenvalue weighted by Crippen LogP contribution is -2.10. The van der Waals surface area contributed by atoms with Crippen LogP contribution in [-0.4, -0.2) is 11.5 Å². The summed E-state index contributed by atoms with van der Waals surface area (Å²) in [6.45, 7) is 2.45. The van der Waals surface area contributed by atoms with Gasteiger partial charge in [-0.05, 0) is 24.6 Å². The Morgan fingerprint density at radius 1 is 1.39 bits per heavy atom. The highest BCUT2D eigenvalue weighted by Crippen LogP contribution is 2.34. The molecule has 0 radical (unpaired) electrons. The third-order valence-electron chi connectivity index (χ3n) is 2.86. The molecular weight excluding hydrogens is 261 g/mol. The van der Waals surface area contributed by atoms with Crippen LogP contribution in [0.1, 0.15) is 29.8 Å². The van der Waals surface area contributed by atoms with Crippen LogP contribution in [0.2, 0.25) is 0 Å². The largest absolute Gasteiger partial charge is 0.416 e. The molecule has 2 rings (SSSR count). The van der Waals surface area contributed by atoms with Crippen LogP contribution in [0.25, 0.3) is 10.2 Å². The van der Waals surface area contributed by atoms with Crippen LogP contribution in [0, 0.1) is 0 Å². The summed E-state index contributed by atoms with van der Waals surface area (Å²) < 4.78 is 38.5. The summed E-state index contributed by atoms with van der Waals surface area (Å²) in [4.78, 5) is 4.27. The molecule has 6 heteroatoms. The predicted octanol–water partition coefficient (Wildman–Crippen LogP) is 3.77. The van der Waals surface area contributed by atoms with Gasteiger partial charge in [0, 0.05) is 12.5 Å². The number of rotatable bonds is 3. The summed E-state index contributed by atoms with van der Waals surface area (Å²) in [6, 6.07) is 3.66. The fourth-order valence-corrected chi connectivity index (χ4v) is 2.88. The van der Waals surface area contributed by atoms with Crippen molar-refractivity contribution >= 4 is 21.6 Å². The maximum absolute atomic E-state index is 12.6. The van der Waals surface area contributed by atoms with Gasteiger partial charge in [-0.3, -0.25) is 0 Å². The van der Waals surface area contributed by atoms with Crippen molar-refractivity contribution in [2.45, 2.75) is 25.4 Å². The molecule has 0 saturated carbocycles. The lowest BCUT2D eigenvalue weighted by atomic mass is 10.1. The molecule has 2 nitrogen and oxygen atoms in total. The van der Waals surface area contributed by atoms with E-state index in [1.54, 1.807) is 0 Å². The molecule has 1 aromatic carbocycles. The zero-order valence-electron chi connectivity index (χ0n) is 9.79. The monoisotopic (exact) mass is 274 g/mol. The maximum atomic E-state index is 12.6. The number of halogens is 3. The molecule has 0 fully saturated rings. The lowest BCUT2D eigenvalue weighted by Gasteiger charge is -2.06. The summed E-state index contributed by atoms with van der Waals surface area (Å²) in [5.74, 6) is 0.122. The van der Waals surface area contributed by atoms with E-state index in [1.807, 2.05) is 6.92 Å². The Labute approximate surface area is 107 Å². The molecule has 0 aliphatic rings. The van der Waals surface area contributed by atoms with Crippen LogP contribution in [0.5, 0.6) is 0 Å². The van der Waals surface area contributed by atoms with Crippen LogP contribution in [-0.2, 0) is 6.18 Å². The predicted molar refractivity (Wildman–Crippen MR) is 66.7 cm³/mol. The number of hydrogen-bond acceptors (Lipinski definition) is 3. The molecule has 1 unspecified atom stereocenters. The minimum atomic E-state index is -4.32. The molecule has 0 saturated heterocycles. The van der Waals surface area contributed by atoms with E-state index in [4.69, 9.17) is 5.73 Å². The summed E-state index contributed by atoms with van der Waals surface area (Å²) in [5.41, 5.74) is 5.36. The second-order valence-electron chi connectivity index (χ2n) is 4.07. The fourth-order valence-electron chi connectivity index (χ4n) is 1.74. The minimum Gasteiger partial charge on any atom is -0.330 e. The van der Waals surface area contributed by atoms with Crippen molar-refractivity contribution in [3.63, 3.8) is 0 Å². The van der Waals surface area contributed by atoms with Crippen LogP contribution in [0.3, 0.4) is 0 Å². The highest BCUT2D eigenvalue weighted by atomic mass is 32.1. The molecule has 0 spiro atoms. The van der Waals surface area contributed by atoms with Crippen molar-refractivity contribution in [1.29, 1.82) is 0 Å². The van der Waals surface area contributed by atoms with Gasteiger partial charge >= 0.3 is 6.18 Å². The first-order valence-electron chi connectivity index (χ1n) is 5.63. The van der Waals surface area contributed by atoms with Crippen molar-refractivity contribution in [1.82, 2.24) is 4.98 Å². The second-order valence-corrected chi connectivity index (χ2v) is 5.14. The molecule has 0 bridgehead atoms. The molecule has 0 aliphatic heterocycles. The molecule has 0 amide bonds. The third-order valence-corrected chi connectivity index (χ3v) is 4.06. The van der Waals surface area contributed by atoms with Gasteiger partial charge in [0.25, 0.3) is 0 Å². The fraction of sp³-hybridized carbons (Fsp3) is 0.417. The summed E-state index contributed by atoms with van der Waals surface area (Å²) in [5, 5.41) is 0.814. The first-order valence-corrected chi connectivity index (χ1v) is 6.45. The summed E-state index contributed by atoms with van der Waals surface area (Å²) in [7, 11) is 0. The molecule has 98 valence electrons. The van der Waals surface area contributed by atoms with Crippen molar-refractivity contribution < 1.29 is 13.2 Å². The second kappa shape index (κ2) is 4.85. The van der Waals surface area contributed by atoms with E-state index in [0.717, 1.165) is 28.3 Å². The van der Waals surface area contributed by atoms with Gasteiger partial charge in [0.15, 0.2) is 0 Å². The number of aromatic nitrogens is 1. The smallest absolute Gasteiger partial charge is 0.330 e. The number of hydrogen-bond donors (Lipinski definition) is 1. The highest BCUT2D eigenvalue weighted by molar-refractivity contribution is 7.18. The Morgan fingerprint density at radius 3 is 2.67 bits per heavy atom. The van der Waals surface area contributed by atoms with E-state index < -0.39 is 11.7 Å². The number of nitrogens with two attached hydrogens (primary N) is 1. The van der Waals surface area contributed by atoms with E-state index in [0.29, 0.717) is 12.1 Å². The van der Waals surface area contributed by atoms with Crippen molar-refractivity contribution in [2.75, 3.05) is 6.54 Å². The van der Waals surface area contributed by atoms with Crippen molar-refractivity contribution in [2.24, 2.45) is 5.73 Å². The first-order chi connectivity index (χ1) is 8.45. The molecule has 1 aromatic heterocycles. The van der Waals surface area contributed by atoms with Crippen LogP contribution in [0.4, 0.5) is 13.2 Å². The normalized spacial score (nSPS) is 14.1. The van der Waals surface area contributed by atoms with E-state index in [-0.39, 0.29) is 5.92 Å². The van der Waals surface area contributed by atoms with Crippen molar-refractivity contribution in [3.8, 4) is 0 Å².